The topological polar surface area (TPSA) is 89.8 Å². The molecule has 5 aromatic rings. The van der Waals surface area contributed by atoms with Gasteiger partial charge >= 0.3 is 11.8 Å². The first-order valence-corrected chi connectivity index (χ1v) is 21.9. The highest BCUT2D eigenvalue weighted by atomic mass is 35.5. The van der Waals surface area contributed by atoms with Gasteiger partial charge in [-0.2, -0.15) is 4.98 Å². The van der Waals surface area contributed by atoms with Crippen LogP contribution in [0.1, 0.15) is 84.9 Å². The van der Waals surface area contributed by atoms with Crippen molar-refractivity contribution in [1.29, 1.82) is 0 Å². The Labute approximate surface area is 341 Å². The number of carbonyl (C=O) groups is 1. The molecule has 296 valence electrons. The monoisotopic (exact) mass is 813 g/mol. The zero-order chi connectivity index (χ0) is 40.7. The van der Waals surface area contributed by atoms with Gasteiger partial charge in [-0.15, -0.1) is 0 Å². The summed E-state index contributed by atoms with van der Waals surface area (Å²) in [5.74, 6) is 0.476. The number of amides is 1. The largest absolute Gasteiger partial charge is 0.444 e. The summed E-state index contributed by atoms with van der Waals surface area (Å²) in [4.78, 5) is 40.5. The van der Waals surface area contributed by atoms with Gasteiger partial charge in [0.25, 0.3) is 8.32 Å². The number of halogens is 2. The summed E-state index contributed by atoms with van der Waals surface area (Å²) in [6, 6.07) is 27.0. The lowest BCUT2D eigenvalue weighted by atomic mass is 9.95. The molecule has 0 unspecified atom stereocenters. The Morgan fingerprint density at radius 1 is 0.911 bits per heavy atom. The highest BCUT2D eigenvalue weighted by Gasteiger charge is 2.50. The van der Waals surface area contributed by atoms with Crippen LogP contribution in [0.15, 0.2) is 83.7 Å². The Morgan fingerprint density at radius 2 is 1.52 bits per heavy atom. The van der Waals surface area contributed by atoms with Crippen LogP contribution >= 0.6 is 23.2 Å². The van der Waals surface area contributed by atoms with E-state index in [0.717, 1.165) is 16.7 Å². The summed E-state index contributed by atoms with van der Waals surface area (Å²) in [7, 11) is -2.81. The minimum atomic E-state index is -2.81. The van der Waals surface area contributed by atoms with E-state index in [1.165, 1.54) is 10.4 Å². The van der Waals surface area contributed by atoms with Crippen LogP contribution in [-0.2, 0) is 15.8 Å². The van der Waals surface area contributed by atoms with Crippen LogP contribution in [0.3, 0.4) is 0 Å². The maximum atomic E-state index is 14.4. The van der Waals surface area contributed by atoms with Crippen LogP contribution in [0, 0.1) is 6.92 Å². The van der Waals surface area contributed by atoms with Crippen LogP contribution in [0.25, 0.3) is 16.7 Å². The van der Waals surface area contributed by atoms with E-state index in [-0.39, 0.29) is 33.3 Å². The van der Waals surface area contributed by atoms with Crippen LogP contribution in [0.5, 0.6) is 0 Å². The van der Waals surface area contributed by atoms with Crippen molar-refractivity contribution in [1.82, 2.24) is 19.4 Å². The third-order valence-corrected chi connectivity index (χ3v) is 16.1. The van der Waals surface area contributed by atoms with Crippen LogP contribution in [0.2, 0.25) is 15.2 Å². The third kappa shape index (κ3) is 8.12. The normalized spacial score (nSPS) is 15.5. The molecule has 0 spiro atoms. The van der Waals surface area contributed by atoms with Crippen molar-refractivity contribution in [3.8, 4) is 5.69 Å². The molecule has 6 rings (SSSR count). The molecule has 0 aliphatic carbocycles. The van der Waals surface area contributed by atoms with E-state index in [9.17, 15) is 9.59 Å². The zero-order valence-corrected chi connectivity index (χ0v) is 36.6. The first kappa shape index (κ1) is 41.4. The van der Waals surface area contributed by atoms with E-state index in [1.54, 1.807) is 15.5 Å². The molecular formula is C44H53Cl2N5O4Si. The highest BCUT2D eigenvalue weighted by Crippen LogP contribution is 2.39. The number of ether oxygens (including phenoxy) is 1. The molecule has 0 radical (unpaired) electrons. The van der Waals surface area contributed by atoms with E-state index in [4.69, 9.17) is 42.3 Å². The number of benzene rings is 3. The van der Waals surface area contributed by atoms with Crippen molar-refractivity contribution in [3.63, 3.8) is 0 Å². The molecule has 9 nitrogen and oxygen atoms in total. The summed E-state index contributed by atoms with van der Waals surface area (Å²) >= 11 is 13.2. The van der Waals surface area contributed by atoms with Gasteiger partial charge in [-0.1, -0.05) is 131 Å². The molecule has 0 bridgehead atoms. The number of hydrogen-bond donors (Lipinski definition) is 0. The van der Waals surface area contributed by atoms with Crippen molar-refractivity contribution >= 4 is 64.8 Å². The number of rotatable bonds is 8. The van der Waals surface area contributed by atoms with Gasteiger partial charge in [0.05, 0.1) is 22.7 Å². The van der Waals surface area contributed by atoms with E-state index in [1.807, 2.05) is 51.7 Å². The van der Waals surface area contributed by atoms with Gasteiger partial charge in [0.2, 0.25) is 0 Å². The predicted octanol–water partition coefficient (Wildman–Crippen LogP) is 9.04. The molecule has 1 fully saturated rings. The average molecular weight is 815 g/mol. The Bertz CT molecular complexity index is 2250. The van der Waals surface area contributed by atoms with Gasteiger partial charge in [-0.25, -0.2) is 19.1 Å². The van der Waals surface area contributed by atoms with Crippen molar-refractivity contribution in [2.45, 2.75) is 98.4 Å². The molecule has 1 saturated heterocycles. The van der Waals surface area contributed by atoms with E-state index in [0.29, 0.717) is 48.8 Å². The first-order valence-electron chi connectivity index (χ1n) is 19.2. The minimum absolute atomic E-state index is 0.0295. The van der Waals surface area contributed by atoms with E-state index in [2.05, 4.69) is 95.3 Å². The van der Waals surface area contributed by atoms with Gasteiger partial charge in [0, 0.05) is 25.7 Å². The summed E-state index contributed by atoms with van der Waals surface area (Å²) in [5.41, 5.74) is 2.81. The number of aromatic nitrogens is 3. The summed E-state index contributed by atoms with van der Waals surface area (Å²) in [6.45, 7) is 22.2. The lowest BCUT2D eigenvalue weighted by Crippen LogP contribution is -2.66. The average Bonchev–Trinajstić information content (AvgIpc) is 3.12. The predicted molar refractivity (Wildman–Crippen MR) is 231 cm³/mol. The Kier molecular flexibility index (Phi) is 11.8. The van der Waals surface area contributed by atoms with Crippen molar-refractivity contribution in [2.24, 2.45) is 0 Å². The molecule has 0 saturated carbocycles. The second-order valence-electron chi connectivity index (χ2n) is 17.1. The van der Waals surface area contributed by atoms with Crippen LogP contribution < -0.4 is 21.0 Å². The molecule has 0 N–H and O–H groups in total. The van der Waals surface area contributed by atoms with Crippen molar-refractivity contribution in [3.05, 3.63) is 116 Å². The smallest absolute Gasteiger partial charge is 0.410 e. The molecule has 3 heterocycles. The quantitative estimate of drug-likeness (QED) is 0.114. The number of fused-ring (bicyclic) bond motifs is 1. The summed E-state index contributed by atoms with van der Waals surface area (Å²) in [5, 5.41) is 3.17. The number of hydrogen-bond acceptors (Lipinski definition) is 7. The van der Waals surface area contributed by atoms with E-state index < -0.39 is 19.6 Å². The van der Waals surface area contributed by atoms with Crippen LogP contribution in [0.4, 0.5) is 10.6 Å². The fourth-order valence-corrected chi connectivity index (χ4v) is 12.8. The Morgan fingerprint density at radius 3 is 2.05 bits per heavy atom. The molecule has 3 aromatic carbocycles. The number of pyridine rings is 1. The summed E-state index contributed by atoms with van der Waals surface area (Å²) < 4.78 is 14.5. The number of anilines is 1. The second kappa shape index (κ2) is 16.0. The number of piperazine rings is 1. The SMILES string of the molecule is Cc1cc(CO[Si](c2ccccc2)(c2ccccc2)C(C)(C)C)cc(C(C)C)c1-n1c(=O)nc(N2CCN(C(=O)OC(C)(C)C)C[C@@H]2C)c2cc(Cl)c(Cl)nc21. The highest BCUT2D eigenvalue weighted by molar-refractivity contribution is 6.99. The van der Waals surface area contributed by atoms with Gasteiger partial charge in [-0.3, -0.25) is 0 Å². The van der Waals surface area contributed by atoms with Crippen LogP contribution in [-0.4, -0.2) is 65.1 Å². The van der Waals surface area contributed by atoms with Gasteiger partial charge < -0.3 is 19.0 Å². The van der Waals surface area contributed by atoms with Crippen molar-refractivity contribution in [2.75, 3.05) is 24.5 Å². The molecule has 56 heavy (non-hydrogen) atoms. The molecule has 1 aliphatic rings. The molecule has 12 heteroatoms. The fourth-order valence-electron chi connectivity index (χ4n) is 7.93. The summed E-state index contributed by atoms with van der Waals surface area (Å²) in [6.07, 6.45) is -0.370. The van der Waals surface area contributed by atoms with Gasteiger partial charge in [-0.05, 0) is 78.7 Å². The minimum Gasteiger partial charge on any atom is -0.444 e. The Hall–Kier alpha value is -4.22. The lowest BCUT2D eigenvalue weighted by Gasteiger charge is -2.43. The fraction of sp³-hybridized carbons (Fsp3) is 0.409. The second-order valence-corrected chi connectivity index (χ2v) is 22.2. The standard InChI is InChI=1S/C44H53Cl2N5O4Si/c1-28(2)34-24-31(27-54-56(44(8,9)10,32-17-13-11-14-18-32)33-19-15-12-16-20-33)23-29(3)37(34)51-40-35(25-36(45)38(46)47-40)39(48-41(51)52)50-22-21-49(26-30(50)4)42(53)55-43(5,6)7/h11-20,23-25,28,30H,21-22,26-27H2,1-10H3/t30-/m0/s1. The molecule has 2 aromatic heterocycles. The number of aryl methyl sites for hydroxylation is 1. The first-order chi connectivity index (χ1) is 26.3. The lowest BCUT2D eigenvalue weighted by molar-refractivity contribution is 0.0218. The van der Waals surface area contributed by atoms with E-state index >= 15 is 0 Å². The molecular weight excluding hydrogens is 762 g/mol. The maximum Gasteiger partial charge on any atom is 0.410 e. The number of carbonyl (C=O) groups excluding carboxylic acids is 1. The molecule has 1 aliphatic heterocycles. The zero-order valence-electron chi connectivity index (χ0n) is 34.1. The Balaban J connectivity index is 1.43. The van der Waals surface area contributed by atoms with Gasteiger partial charge in [0.15, 0.2) is 5.65 Å². The maximum absolute atomic E-state index is 14.4. The molecule has 1 amide bonds. The molecule has 1 atom stereocenters. The number of nitrogens with zero attached hydrogens (tertiary/aromatic N) is 5. The third-order valence-electron chi connectivity index (χ3n) is 10.4. The van der Waals surface area contributed by atoms with Gasteiger partial charge in [0.1, 0.15) is 16.6 Å². The van der Waals surface area contributed by atoms with Crippen molar-refractivity contribution < 1.29 is 14.0 Å².